The van der Waals surface area contributed by atoms with Crippen LogP contribution in [0, 0.1) is 10.1 Å². The Morgan fingerprint density at radius 2 is 2.37 bits per heavy atom. The van der Waals surface area contributed by atoms with Gasteiger partial charge in [0.1, 0.15) is 5.75 Å². The second-order valence-corrected chi connectivity index (χ2v) is 4.46. The maximum absolute atomic E-state index is 10.9. The van der Waals surface area contributed by atoms with E-state index in [1.165, 1.54) is 12.1 Å². The number of anilines is 1. The molecule has 1 fully saturated rings. The van der Waals surface area contributed by atoms with E-state index in [0.717, 1.165) is 19.4 Å². The Bertz CT molecular complexity index is 444. The third-order valence-corrected chi connectivity index (χ3v) is 2.94. The number of benzene rings is 1. The minimum Gasteiger partial charge on any atom is -0.494 e. The molecule has 19 heavy (non-hydrogen) atoms. The molecule has 1 heterocycles. The summed E-state index contributed by atoms with van der Waals surface area (Å²) in [6, 6.07) is 4.94. The highest BCUT2D eigenvalue weighted by Gasteiger charge is 2.16. The second kappa shape index (κ2) is 6.38. The van der Waals surface area contributed by atoms with Gasteiger partial charge in [-0.3, -0.25) is 10.1 Å². The SMILES string of the molecule is CCOc1cc(NC2CCCOC2)cc([N+](=O)[O-])c1. The van der Waals surface area contributed by atoms with Crippen molar-refractivity contribution in [1.82, 2.24) is 0 Å². The van der Waals surface area contributed by atoms with Crippen molar-refractivity contribution in [2.75, 3.05) is 25.1 Å². The lowest BCUT2D eigenvalue weighted by atomic mass is 10.1. The molecule has 2 rings (SSSR count). The molecule has 1 atom stereocenters. The molecule has 104 valence electrons. The first-order chi connectivity index (χ1) is 9.19. The highest BCUT2D eigenvalue weighted by atomic mass is 16.6. The topological polar surface area (TPSA) is 73.6 Å². The molecule has 0 radical (unpaired) electrons. The fraction of sp³-hybridized carbons (Fsp3) is 0.538. The maximum atomic E-state index is 10.9. The first-order valence-electron chi connectivity index (χ1n) is 6.45. The van der Waals surface area contributed by atoms with E-state index in [4.69, 9.17) is 9.47 Å². The Balaban J connectivity index is 2.15. The van der Waals surface area contributed by atoms with E-state index in [1.807, 2.05) is 6.92 Å². The Morgan fingerprint density at radius 1 is 1.53 bits per heavy atom. The number of nitrogens with one attached hydrogen (secondary N) is 1. The summed E-state index contributed by atoms with van der Waals surface area (Å²) in [6.07, 6.45) is 2.01. The molecule has 0 bridgehead atoms. The molecule has 1 aliphatic heterocycles. The quantitative estimate of drug-likeness (QED) is 0.655. The highest BCUT2D eigenvalue weighted by molar-refractivity contribution is 5.56. The van der Waals surface area contributed by atoms with Gasteiger partial charge in [-0.1, -0.05) is 0 Å². The van der Waals surface area contributed by atoms with Crippen LogP contribution in [0.25, 0.3) is 0 Å². The number of nitro benzene ring substituents is 1. The van der Waals surface area contributed by atoms with Gasteiger partial charge >= 0.3 is 0 Å². The number of rotatable bonds is 5. The molecule has 0 amide bonds. The minimum atomic E-state index is -0.412. The Kier molecular flexibility index (Phi) is 4.57. The van der Waals surface area contributed by atoms with Gasteiger partial charge in [0, 0.05) is 30.5 Å². The van der Waals surface area contributed by atoms with E-state index in [2.05, 4.69) is 5.32 Å². The standard InChI is InChI=1S/C13H18N2O4/c1-2-19-13-7-11(6-12(8-13)15(16)17)14-10-4-3-5-18-9-10/h6-8,10,14H,2-5,9H2,1H3. The Labute approximate surface area is 111 Å². The van der Waals surface area contributed by atoms with Crippen molar-refractivity contribution in [2.45, 2.75) is 25.8 Å². The van der Waals surface area contributed by atoms with Gasteiger partial charge < -0.3 is 14.8 Å². The third kappa shape index (κ3) is 3.82. The molecule has 1 saturated heterocycles. The van der Waals surface area contributed by atoms with Crippen LogP contribution in [0.15, 0.2) is 18.2 Å². The van der Waals surface area contributed by atoms with Crippen molar-refractivity contribution in [2.24, 2.45) is 0 Å². The molecule has 1 aliphatic rings. The van der Waals surface area contributed by atoms with Crippen molar-refractivity contribution in [3.05, 3.63) is 28.3 Å². The van der Waals surface area contributed by atoms with Gasteiger partial charge in [0.25, 0.3) is 5.69 Å². The zero-order chi connectivity index (χ0) is 13.7. The molecule has 0 aromatic heterocycles. The Hall–Kier alpha value is -1.82. The maximum Gasteiger partial charge on any atom is 0.275 e. The molecular formula is C13H18N2O4. The van der Waals surface area contributed by atoms with Crippen LogP contribution in [0.1, 0.15) is 19.8 Å². The van der Waals surface area contributed by atoms with Crippen LogP contribution in [0.2, 0.25) is 0 Å². The van der Waals surface area contributed by atoms with E-state index in [0.29, 0.717) is 24.7 Å². The lowest BCUT2D eigenvalue weighted by molar-refractivity contribution is -0.384. The summed E-state index contributed by atoms with van der Waals surface area (Å²) in [5.41, 5.74) is 0.735. The van der Waals surface area contributed by atoms with Crippen LogP contribution in [0.3, 0.4) is 0 Å². The van der Waals surface area contributed by atoms with Gasteiger partial charge in [-0.25, -0.2) is 0 Å². The molecule has 6 nitrogen and oxygen atoms in total. The van der Waals surface area contributed by atoms with E-state index >= 15 is 0 Å². The van der Waals surface area contributed by atoms with E-state index < -0.39 is 4.92 Å². The van der Waals surface area contributed by atoms with Crippen LogP contribution >= 0.6 is 0 Å². The van der Waals surface area contributed by atoms with Crippen molar-refractivity contribution < 1.29 is 14.4 Å². The van der Waals surface area contributed by atoms with Crippen LogP contribution in [0.4, 0.5) is 11.4 Å². The zero-order valence-corrected chi connectivity index (χ0v) is 10.9. The summed E-state index contributed by atoms with van der Waals surface area (Å²) in [5, 5.41) is 14.2. The third-order valence-electron chi connectivity index (χ3n) is 2.94. The molecule has 6 heteroatoms. The minimum absolute atomic E-state index is 0.0326. The van der Waals surface area contributed by atoms with Gasteiger partial charge in [0.05, 0.1) is 24.2 Å². The zero-order valence-electron chi connectivity index (χ0n) is 10.9. The smallest absolute Gasteiger partial charge is 0.275 e. The summed E-state index contributed by atoms with van der Waals surface area (Å²) in [7, 11) is 0. The first kappa shape index (κ1) is 13.6. The average Bonchev–Trinajstić information content (AvgIpc) is 2.40. The molecule has 1 unspecified atom stereocenters. The largest absolute Gasteiger partial charge is 0.494 e. The molecular weight excluding hydrogens is 248 g/mol. The van der Waals surface area contributed by atoms with Crippen molar-refractivity contribution in [1.29, 1.82) is 0 Å². The van der Waals surface area contributed by atoms with Crippen molar-refractivity contribution in [3.8, 4) is 5.75 Å². The van der Waals surface area contributed by atoms with Crippen LogP contribution in [0.5, 0.6) is 5.75 Å². The van der Waals surface area contributed by atoms with E-state index in [9.17, 15) is 10.1 Å². The molecule has 0 saturated carbocycles. The van der Waals surface area contributed by atoms with Gasteiger partial charge in [-0.2, -0.15) is 0 Å². The summed E-state index contributed by atoms with van der Waals surface area (Å²) in [5.74, 6) is 0.510. The summed E-state index contributed by atoms with van der Waals surface area (Å²) in [4.78, 5) is 10.5. The van der Waals surface area contributed by atoms with E-state index in [-0.39, 0.29) is 11.7 Å². The number of hydrogen-bond donors (Lipinski definition) is 1. The van der Waals surface area contributed by atoms with Gasteiger partial charge in [0.2, 0.25) is 0 Å². The van der Waals surface area contributed by atoms with Crippen LogP contribution < -0.4 is 10.1 Å². The normalized spacial score (nSPS) is 18.9. The number of ether oxygens (including phenoxy) is 2. The summed E-state index contributed by atoms with van der Waals surface area (Å²) in [6.45, 7) is 3.75. The molecule has 1 N–H and O–H groups in total. The van der Waals surface area contributed by atoms with Gasteiger partial charge in [0.15, 0.2) is 0 Å². The first-order valence-corrected chi connectivity index (χ1v) is 6.45. The lowest BCUT2D eigenvalue weighted by Crippen LogP contribution is -2.29. The number of non-ortho nitro benzene ring substituents is 1. The van der Waals surface area contributed by atoms with Crippen LogP contribution in [-0.2, 0) is 4.74 Å². The fourth-order valence-corrected chi connectivity index (χ4v) is 2.11. The van der Waals surface area contributed by atoms with Crippen molar-refractivity contribution >= 4 is 11.4 Å². The highest BCUT2D eigenvalue weighted by Crippen LogP contribution is 2.27. The number of nitrogens with zero attached hydrogens (tertiary/aromatic N) is 1. The monoisotopic (exact) mass is 266 g/mol. The molecule has 0 spiro atoms. The lowest BCUT2D eigenvalue weighted by Gasteiger charge is -2.24. The van der Waals surface area contributed by atoms with Crippen LogP contribution in [-0.4, -0.2) is 30.8 Å². The summed E-state index contributed by atoms with van der Waals surface area (Å²) < 4.78 is 10.7. The van der Waals surface area contributed by atoms with Gasteiger partial charge in [-0.15, -0.1) is 0 Å². The predicted molar refractivity (Wildman–Crippen MR) is 71.7 cm³/mol. The average molecular weight is 266 g/mol. The number of nitro groups is 1. The molecule has 0 aliphatic carbocycles. The fourth-order valence-electron chi connectivity index (χ4n) is 2.11. The summed E-state index contributed by atoms with van der Waals surface area (Å²) >= 11 is 0. The van der Waals surface area contributed by atoms with E-state index in [1.54, 1.807) is 6.07 Å². The number of hydrogen-bond acceptors (Lipinski definition) is 5. The second-order valence-electron chi connectivity index (χ2n) is 4.46. The Morgan fingerprint density at radius 3 is 3.00 bits per heavy atom. The molecule has 1 aromatic carbocycles. The van der Waals surface area contributed by atoms with Crippen molar-refractivity contribution in [3.63, 3.8) is 0 Å². The molecule has 1 aromatic rings. The predicted octanol–water partition coefficient (Wildman–Crippen LogP) is 2.58. The van der Waals surface area contributed by atoms with Gasteiger partial charge in [-0.05, 0) is 19.8 Å².